The van der Waals surface area contributed by atoms with Crippen LogP contribution in [0, 0.1) is 11.7 Å². The fourth-order valence-electron chi connectivity index (χ4n) is 3.66. The lowest BCUT2D eigenvalue weighted by molar-refractivity contribution is -0.137. The summed E-state index contributed by atoms with van der Waals surface area (Å²) >= 11 is 0. The first-order chi connectivity index (χ1) is 12.5. The monoisotopic (exact) mass is 364 g/mol. The lowest BCUT2D eigenvalue weighted by Gasteiger charge is -2.30. The van der Waals surface area contributed by atoms with Crippen molar-refractivity contribution < 1.29 is 13.9 Å². The van der Waals surface area contributed by atoms with E-state index in [-0.39, 0.29) is 23.9 Å². The Kier molecular flexibility index (Phi) is 8.52. The molecule has 0 aliphatic heterocycles. The quantitative estimate of drug-likeness (QED) is 0.704. The molecule has 1 saturated carbocycles. The fourth-order valence-corrected chi connectivity index (χ4v) is 3.66. The number of halogens is 1. The van der Waals surface area contributed by atoms with Crippen molar-refractivity contribution in [2.24, 2.45) is 11.7 Å². The second-order valence-corrected chi connectivity index (χ2v) is 7.68. The van der Waals surface area contributed by atoms with E-state index < -0.39 is 6.10 Å². The second kappa shape index (κ2) is 10.6. The van der Waals surface area contributed by atoms with E-state index in [2.05, 4.69) is 5.32 Å². The maximum absolute atomic E-state index is 12.9. The molecule has 3 N–H and O–H groups in total. The summed E-state index contributed by atoms with van der Waals surface area (Å²) in [6.07, 6.45) is 7.05. The number of nitrogens with two attached hydrogens (primary N) is 1. The zero-order valence-electron chi connectivity index (χ0n) is 16.0. The topological polar surface area (TPSA) is 64.3 Å². The van der Waals surface area contributed by atoms with Crippen LogP contribution in [0.2, 0.25) is 0 Å². The summed E-state index contributed by atoms with van der Waals surface area (Å²) < 4.78 is 18.8. The van der Waals surface area contributed by atoms with Crippen LogP contribution >= 0.6 is 0 Å². The van der Waals surface area contributed by atoms with Crippen LogP contribution in [-0.4, -0.2) is 30.7 Å². The predicted octanol–water partition coefficient (Wildman–Crippen LogP) is 3.58. The molecule has 4 nitrogen and oxygen atoms in total. The van der Waals surface area contributed by atoms with Gasteiger partial charge in [0.2, 0.25) is 0 Å². The van der Waals surface area contributed by atoms with Crippen LogP contribution in [0.5, 0.6) is 0 Å². The van der Waals surface area contributed by atoms with Gasteiger partial charge in [-0.1, -0.05) is 44.2 Å². The molecule has 0 spiro atoms. The Morgan fingerprint density at radius 3 is 2.50 bits per heavy atom. The Morgan fingerprint density at radius 1 is 1.23 bits per heavy atom. The van der Waals surface area contributed by atoms with Crippen molar-refractivity contribution in [1.29, 1.82) is 0 Å². The van der Waals surface area contributed by atoms with Crippen LogP contribution in [0.1, 0.15) is 57.9 Å². The summed E-state index contributed by atoms with van der Waals surface area (Å²) in [4.78, 5) is 12.6. The van der Waals surface area contributed by atoms with Crippen LogP contribution in [0.3, 0.4) is 0 Å². The molecule has 1 fully saturated rings. The van der Waals surface area contributed by atoms with Crippen LogP contribution in [-0.2, 0) is 16.0 Å². The minimum atomic E-state index is -0.620. The molecule has 1 aromatic carbocycles. The van der Waals surface area contributed by atoms with Gasteiger partial charge in [-0.15, -0.1) is 0 Å². The van der Waals surface area contributed by atoms with Gasteiger partial charge in [0.15, 0.2) is 6.10 Å². The average molecular weight is 365 g/mol. The van der Waals surface area contributed by atoms with Crippen molar-refractivity contribution in [3.8, 4) is 0 Å². The number of rotatable bonds is 9. The number of carbonyl (C=O) groups is 1. The van der Waals surface area contributed by atoms with E-state index in [0.29, 0.717) is 18.9 Å². The maximum Gasteiger partial charge on any atom is 0.250 e. The smallest absolute Gasteiger partial charge is 0.250 e. The number of nitrogens with one attached hydrogen (secondary N) is 1. The molecular formula is C21H33FN2O2. The summed E-state index contributed by atoms with van der Waals surface area (Å²) in [5, 5.41) is 2.93. The second-order valence-electron chi connectivity index (χ2n) is 7.68. The summed E-state index contributed by atoms with van der Waals surface area (Å²) in [6.45, 7) is 4.33. The average Bonchev–Trinajstić information content (AvgIpc) is 2.62. The normalized spacial score (nSPS) is 17.9. The van der Waals surface area contributed by atoms with E-state index in [1.165, 1.54) is 44.2 Å². The molecule has 26 heavy (non-hydrogen) atoms. The van der Waals surface area contributed by atoms with Crippen LogP contribution < -0.4 is 11.1 Å². The van der Waals surface area contributed by atoms with Crippen molar-refractivity contribution in [3.63, 3.8) is 0 Å². The van der Waals surface area contributed by atoms with Crippen LogP contribution in [0.15, 0.2) is 24.3 Å². The molecule has 0 saturated heterocycles. The zero-order chi connectivity index (χ0) is 18.9. The summed E-state index contributed by atoms with van der Waals surface area (Å²) in [5.41, 5.74) is 7.36. The van der Waals surface area contributed by atoms with Crippen molar-refractivity contribution >= 4 is 5.91 Å². The maximum atomic E-state index is 12.9. The van der Waals surface area contributed by atoms with E-state index in [1.54, 1.807) is 12.1 Å². The first-order valence-electron chi connectivity index (χ1n) is 9.89. The largest absolute Gasteiger partial charge is 0.364 e. The molecule has 0 radical (unpaired) electrons. The Balaban J connectivity index is 1.85. The molecule has 146 valence electrons. The van der Waals surface area contributed by atoms with Crippen molar-refractivity contribution in [3.05, 3.63) is 35.6 Å². The highest BCUT2D eigenvalue weighted by Crippen LogP contribution is 2.28. The van der Waals surface area contributed by atoms with Gasteiger partial charge in [-0.2, -0.15) is 0 Å². The first-order valence-corrected chi connectivity index (χ1v) is 9.89. The van der Waals surface area contributed by atoms with E-state index in [9.17, 15) is 9.18 Å². The van der Waals surface area contributed by atoms with E-state index in [1.807, 2.05) is 13.8 Å². The Morgan fingerprint density at radius 2 is 1.88 bits per heavy atom. The molecule has 2 rings (SSSR count). The Bertz CT molecular complexity index is 541. The van der Waals surface area contributed by atoms with Gasteiger partial charge in [-0.25, -0.2) is 4.39 Å². The van der Waals surface area contributed by atoms with Crippen LogP contribution in [0.4, 0.5) is 4.39 Å². The van der Waals surface area contributed by atoms with Gasteiger partial charge >= 0.3 is 0 Å². The Labute approximate surface area is 156 Å². The molecule has 1 amide bonds. The van der Waals surface area contributed by atoms with E-state index >= 15 is 0 Å². The van der Waals surface area contributed by atoms with Crippen molar-refractivity contribution in [1.82, 2.24) is 5.32 Å². The molecule has 1 aromatic rings. The Hall–Kier alpha value is -1.46. The highest BCUT2D eigenvalue weighted by Gasteiger charge is 2.29. The van der Waals surface area contributed by atoms with Gasteiger partial charge in [0.25, 0.3) is 5.91 Å². The lowest BCUT2D eigenvalue weighted by atomic mass is 9.84. The molecule has 1 aliphatic carbocycles. The van der Waals surface area contributed by atoms with Gasteiger partial charge in [-0.05, 0) is 50.3 Å². The molecule has 0 aromatic heterocycles. The van der Waals surface area contributed by atoms with E-state index in [0.717, 1.165) is 12.0 Å². The zero-order valence-corrected chi connectivity index (χ0v) is 16.0. The van der Waals surface area contributed by atoms with E-state index in [4.69, 9.17) is 10.5 Å². The summed E-state index contributed by atoms with van der Waals surface area (Å²) in [6, 6.07) is 6.05. The molecule has 1 unspecified atom stereocenters. The molecule has 1 aliphatic rings. The number of benzene rings is 1. The SMILES string of the molecule is CC(C)OC(C(=O)NCCc1ccc(F)cc1)[C@H](N)CC1CCCCC1. The van der Waals surface area contributed by atoms with Gasteiger partial charge in [0, 0.05) is 12.6 Å². The van der Waals surface area contributed by atoms with Crippen molar-refractivity contribution in [2.45, 2.75) is 77.0 Å². The number of amides is 1. The van der Waals surface area contributed by atoms with Gasteiger partial charge < -0.3 is 15.8 Å². The number of carbonyl (C=O) groups excluding carboxylic acids is 1. The van der Waals surface area contributed by atoms with Gasteiger partial charge in [0.1, 0.15) is 5.82 Å². The number of hydrogen-bond acceptors (Lipinski definition) is 3. The van der Waals surface area contributed by atoms with Crippen LogP contribution in [0.25, 0.3) is 0 Å². The third-order valence-electron chi connectivity index (χ3n) is 5.02. The van der Waals surface area contributed by atoms with Crippen molar-refractivity contribution in [2.75, 3.05) is 6.54 Å². The number of hydrogen-bond donors (Lipinski definition) is 2. The molecule has 2 atom stereocenters. The summed E-state index contributed by atoms with van der Waals surface area (Å²) in [7, 11) is 0. The highest BCUT2D eigenvalue weighted by molar-refractivity contribution is 5.81. The van der Waals surface area contributed by atoms with Gasteiger partial charge in [-0.3, -0.25) is 4.79 Å². The minimum absolute atomic E-state index is 0.0553. The fraction of sp³-hybridized carbons (Fsp3) is 0.667. The van der Waals surface area contributed by atoms with Gasteiger partial charge in [0.05, 0.1) is 6.10 Å². The first kappa shape index (κ1) is 20.8. The highest BCUT2D eigenvalue weighted by atomic mass is 19.1. The molecule has 0 heterocycles. The predicted molar refractivity (Wildman–Crippen MR) is 102 cm³/mol. The molecule has 0 bridgehead atoms. The third kappa shape index (κ3) is 7.04. The number of ether oxygens (including phenoxy) is 1. The summed E-state index contributed by atoms with van der Waals surface area (Å²) in [5.74, 6) is 0.199. The standard InChI is InChI=1S/C21H33FN2O2/c1-15(2)26-20(19(23)14-17-6-4-3-5-7-17)21(25)24-13-12-16-8-10-18(22)11-9-16/h8-11,15,17,19-20H,3-7,12-14,23H2,1-2H3,(H,24,25)/t19-,20?/m1/s1. The third-order valence-corrected chi connectivity index (χ3v) is 5.02. The minimum Gasteiger partial charge on any atom is -0.364 e. The lowest BCUT2D eigenvalue weighted by Crippen LogP contribution is -2.50. The molecule has 5 heteroatoms. The molecular weight excluding hydrogens is 331 g/mol.